The molecule has 0 heterocycles. The summed E-state index contributed by atoms with van der Waals surface area (Å²) in [6.07, 6.45) is 1.72. The van der Waals surface area contributed by atoms with Crippen LogP contribution in [0.25, 0.3) is 0 Å². The quantitative estimate of drug-likeness (QED) is 0.588. The first-order valence-electron chi connectivity index (χ1n) is 8.13. The Bertz CT molecular complexity index is 891. The van der Waals surface area contributed by atoms with E-state index in [9.17, 15) is 9.90 Å². The normalized spacial score (nSPS) is 12.5. The van der Waals surface area contributed by atoms with E-state index in [0.717, 1.165) is 0 Å². The van der Waals surface area contributed by atoms with E-state index in [1.54, 1.807) is 31.2 Å². The first-order valence-corrected chi connectivity index (χ1v) is 8.88. The van der Waals surface area contributed by atoms with Gasteiger partial charge in [0.1, 0.15) is 12.4 Å². The zero-order valence-electron chi connectivity index (χ0n) is 14.6. The molecule has 2 aromatic rings. The number of hydrogen-bond acceptors (Lipinski definition) is 4. The smallest absolute Gasteiger partial charge is 0.334 e. The lowest BCUT2D eigenvalue weighted by atomic mass is 9.86. The molecular weight excluding hydrogens is 387 g/mol. The highest BCUT2D eigenvalue weighted by molar-refractivity contribution is 6.35. The number of aliphatic carboxylic acids is 1. The molecule has 0 radical (unpaired) electrons. The molecule has 1 atom stereocenters. The van der Waals surface area contributed by atoms with Crippen molar-refractivity contribution < 1.29 is 14.6 Å². The monoisotopic (exact) mass is 404 g/mol. The molecule has 0 bridgehead atoms. The van der Waals surface area contributed by atoms with Crippen LogP contribution in [0.3, 0.4) is 0 Å². The second kappa shape index (κ2) is 8.81. The highest BCUT2D eigenvalue weighted by Gasteiger charge is 2.42. The van der Waals surface area contributed by atoms with Crippen LogP contribution in [-0.4, -0.2) is 17.7 Å². The number of rotatable bonds is 8. The molecule has 1 unspecified atom stereocenters. The number of nitrogens with zero attached hydrogens (tertiary/aromatic N) is 1. The van der Waals surface area contributed by atoms with Crippen molar-refractivity contribution in [2.45, 2.75) is 18.9 Å². The topological polar surface area (TPSA) is 82.3 Å². The molecule has 0 aliphatic carbocycles. The SMILES string of the molecule is C=CCOc1c(Cl)cc(Cl)cc1C(CC)(Nc1ccc(C#N)cc1)C(=O)O. The number of hydrogen-bond donors (Lipinski definition) is 2. The summed E-state index contributed by atoms with van der Waals surface area (Å²) in [5, 5.41) is 22.6. The third kappa shape index (κ3) is 4.36. The third-order valence-electron chi connectivity index (χ3n) is 4.08. The molecule has 7 heteroatoms. The van der Waals surface area contributed by atoms with E-state index in [1.807, 2.05) is 6.07 Å². The Morgan fingerprint density at radius 1 is 1.37 bits per heavy atom. The minimum Gasteiger partial charge on any atom is -0.488 e. The predicted molar refractivity (Wildman–Crippen MR) is 107 cm³/mol. The summed E-state index contributed by atoms with van der Waals surface area (Å²) in [5.41, 5.74) is -0.233. The Hall–Kier alpha value is -2.68. The van der Waals surface area contributed by atoms with Crippen LogP contribution in [0, 0.1) is 11.3 Å². The fourth-order valence-corrected chi connectivity index (χ4v) is 3.25. The Balaban J connectivity index is 2.63. The van der Waals surface area contributed by atoms with Crippen molar-refractivity contribution in [3.63, 3.8) is 0 Å². The lowest BCUT2D eigenvalue weighted by molar-refractivity contribution is -0.142. The van der Waals surface area contributed by atoms with Crippen molar-refractivity contribution in [2.75, 3.05) is 11.9 Å². The van der Waals surface area contributed by atoms with Crippen LogP contribution >= 0.6 is 23.2 Å². The summed E-state index contributed by atoms with van der Waals surface area (Å²) in [5.74, 6) is -0.887. The number of anilines is 1. The zero-order chi connectivity index (χ0) is 20.0. The summed E-state index contributed by atoms with van der Waals surface area (Å²) in [6, 6.07) is 11.5. The van der Waals surface area contributed by atoms with Gasteiger partial charge in [-0.05, 0) is 42.8 Å². The largest absolute Gasteiger partial charge is 0.488 e. The van der Waals surface area contributed by atoms with Gasteiger partial charge in [0, 0.05) is 16.3 Å². The number of benzene rings is 2. The number of carboxylic acids is 1. The molecule has 0 spiro atoms. The molecule has 0 fully saturated rings. The molecule has 2 rings (SSSR count). The van der Waals surface area contributed by atoms with E-state index in [0.29, 0.717) is 21.8 Å². The molecule has 0 aliphatic heterocycles. The highest BCUT2D eigenvalue weighted by atomic mass is 35.5. The molecular formula is C20H18Cl2N2O3. The van der Waals surface area contributed by atoms with Crippen LogP contribution in [0.15, 0.2) is 49.1 Å². The van der Waals surface area contributed by atoms with Crippen LogP contribution in [0.2, 0.25) is 10.0 Å². The highest BCUT2D eigenvalue weighted by Crippen LogP contribution is 2.42. The Kier molecular flexibility index (Phi) is 6.73. The van der Waals surface area contributed by atoms with Gasteiger partial charge in [-0.1, -0.05) is 42.8 Å². The van der Waals surface area contributed by atoms with Crippen molar-refractivity contribution in [3.05, 3.63) is 70.2 Å². The molecule has 27 heavy (non-hydrogen) atoms. The third-order valence-corrected chi connectivity index (χ3v) is 4.58. The second-order valence-electron chi connectivity index (χ2n) is 5.74. The molecule has 140 valence electrons. The molecule has 0 saturated heterocycles. The summed E-state index contributed by atoms with van der Waals surface area (Å²) >= 11 is 12.4. The summed E-state index contributed by atoms with van der Waals surface area (Å²) in [6.45, 7) is 5.49. The molecule has 0 aromatic heterocycles. The fourth-order valence-electron chi connectivity index (χ4n) is 2.71. The first-order chi connectivity index (χ1) is 12.9. The zero-order valence-corrected chi connectivity index (χ0v) is 16.1. The van der Waals surface area contributed by atoms with Crippen LogP contribution in [0.4, 0.5) is 5.69 Å². The van der Waals surface area contributed by atoms with E-state index in [1.165, 1.54) is 18.2 Å². The first kappa shape index (κ1) is 20.6. The van der Waals surface area contributed by atoms with Gasteiger partial charge in [0.05, 0.1) is 16.7 Å². The maximum absolute atomic E-state index is 12.4. The standard InChI is InChI=1S/C20H18Cl2N2O3/c1-3-9-27-18-16(10-14(21)11-17(18)22)20(4-2,19(25)26)24-15-7-5-13(12-23)6-8-15/h3,5-8,10-11,24H,1,4,9H2,2H3,(H,25,26). The summed E-state index contributed by atoms with van der Waals surface area (Å²) in [7, 11) is 0. The van der Waals surface area contributed by atoms with Crippen LogP contribution in [0.5, 0.6) is 5.75 Å². The van der Waals surface area contributed by atoms with Crippen molar-refractivity contribution in [2.24, 2.45) is 0 Å². The summed E-state index contributed by atoms with van der Waals surface area (Å²) in [4.78, 5) is 12.4. The van der Waals surface area contributed by atoms with E-state index in [-0.39, 0.29) is 23.8 Å². The van der Waals surface area contributed by atoms with Gasteiger partial charge in [-0.3, -0.25) is 0 Å². The van der Waals surface area contributed by atoms with E-state index in [2.05, 4.69) is 11.9 Å². The fraction of sp³-hybridized carbons (Fsp3) is 0.200. The predicted octanol–water partition coefficient (Wildman–Crippen LogP) is 5.23. The molecule has 0 saturated carbocycles. The second-order valence-corrected chi connectivity index (χ2v) is 6.59. The number of ether oxygens (including phenoxy) is 1. The van der Waals surface area contributed by atoms with E-state index >= 15 is 0 Å². The van der Waals surface area contributed by atoms with Crippen molar-refractivity contribution in [1.29, 1.82) is 5.26 Å². The number of carbonyl (C=O) groups is 1. The molecule has 0 aliphatic rings. The van der Waals surface area contributed by atoms with Gasteiger partial charge in [-0.2, -0.15) is 5.26 Å². The maximum Gasteiger partial charge on any atom is 0.334 e. The van der Waals surface area contributed by atoms with Gasteiger partial charge in [-0.15, -0.1) is 0 Å². The van der Waals surface area contributed by atoms with E-state index < -0.39 is 11.5 Å². The minimum absolute atomic E-state index is 0.157. The average Bonchev–Trinajstić information content (AvgIpc) is 2.65. The molecule has 2 aromatic carbocycles. The lowest BCUT2D eigenvalue weighted by Crippen LogP contribution is -2.43. The van der Waals surface area contributed by atoms with Gasteiger partial charge in [0.15, 0.2) is 5.54 Å². The Morgan fingerprint density at radius 3 is 2.56 bits per heavy atom. The minimum atomic E-state index is -1.54. The van der Waals surface area contributed by atoms with Crippen molar-refractivity contribution >= 4 is 34.9 Å². The van der Waals surface area contributed by atoms with Gasteiger partial charge in [0.25, 0.3) is 0 Å². The Morgan fingerprint density at radius 2 is 2.04 bits per heavy atom. The van der Waals surface area contributed by atoms with Crippen LogP contribution < -0.4 is 10.1 Å². The molecule has 0 amide bonds. The summed E-state index contributed by atoms with van der Waals surface area (Å²) < 4.78 is 5.65. The van der Waals surface area contributed by atoms with Gasteiger partial charge >= 0.3 is 5.97 Å². The van der Waals surface area contributed by atoms with Crippen LogP contribution in [-0.2, 0) is 10.3 Å². The van der Waals surface area contributed by atoms with Crippen molar-refractivity contribution in [1.82, 2.24) is 0 Å². The molecule has 5 nitrogen and oxygen atoms in total. The maximum atomic E-state index is 12.4. The van der Waals surface area contributed by atoms with Gasteiger partial charge < -0.3 is 15.2 Å². The number of halogens is 2. The van der Waals surface area contributed by atoms with Crippen molar-refractivity contribution in [3.8, 4) is 11.8 Å². The van der Waals surface area contributed by atoms with Gasteiger partial charge in [-0.25, -0.2) is 4.79 Å². The van der Waals surface area contributed by atoms with Gasteiger partial charge in [0.2, 0.25) is 0 Å². The number of nitriles is 1. The number of carboxylic acid groups (broad SMARTS) is 1. The number of nitrogens with one attached hydrogen (secondary N) is 1. The van der Waals surface area contributed by atoms with E-state index in [4.69, 9.17) is 33.2 Å². The average molecular weight is 405 g/mol. The molecule has 2 N–H and O–H groups in total. The lowest BCUT2D eigenvalue weighted by Gasteiger charge is -2.33. The van der Waals surface area contributed by atoms with Crippen LogP contribution in [0.1, 0.15) is 24.5 Å². The Labute approximate surface area is 167 Å².